The predicted octanol–water partition coefficient (Wildman–Crippen LogP) is 3.65. The molecule has 1 aromatic heterocycles. The highest BCUT2D eigenvalue weighted by molar-refractivity contribution is 6.32. The number of nitrogens with zero attached hydrogens (tertiary/aromatic N) is 2. The Morgan fingerprint density at radius 2 is 1.89 bits per heavy atom. The van der Waals surface area contributed by atoms with Gasteiger partial charge in [0, 0.05) is 11.6 Å². The lowest BCUT2D eigenvalue weighted by molar-refractivity contribution is 0.102. The van der Waals surface area contributed by atoms with Crippen molar-refractivity contribution in [2.45, 2.75) is 13.8 Å². The molecule has 0 aliphatic carbocycles. The molecule has 19 heavy (non-hydrogen) atoms. The van der Waals surface area contributed by atoms with Crippen LogP contribution in [0.15, 0.2) is 24.3 Å². The van der Waals surface area contributed by atoms with E-state index in [1.165, 1.54) is 6.07 Å². The maximum atomic E-state index is 12.1. The summed E-state index contributed by atoms with van der Waals surface area (Å²) in [5.74, 6) is 0.0123. The second kappa shape index (κ2) is 5.55. The minimum atomic E-state index is -0.261. The summed E-state index contributed by atoms with van der Waals surface area (Å²) in [6.45, 7) is 3.85. The van der Waals surface area contributed by atoms with E-state index in [0.29, 0.717) is 5.56 Å². The van der Waals surface area contributed by atoms with Crippen LogP contribution >= 0.6 is 23.2 Å². The van der Waals surface area contributed by atoms with Crippen LogP contribution in [0.25, 0.3) is 0 Å². The average Bonchev–Trinajstić information content (AvgIpc) is 2.26. The average molecular weight is 296 g/mol. The molecule has 0 bridgehead atoms. The summed E-state index contributed by atoms with van der Waals surface area (Å²) in [7, 11) is 0. The van der Waals surface area contributed by atoms with Gasteiger partial charge in [0.2, 0.25) is 5.28 Å². The lowest BCUT2D eigenvalue weighted by Gasteiger charge is -2.08. The Labute approximate surface area is 120 Å². The molecular weight excluding hydrogens is 285 g/mol. The van der Waals surface area contributed by atoms with E-state index in [9.17, 15) is 4.79 Å². The Bertz CT molecular complexity index is 624. The quantitative estimate of drug-likeness (QED) is 0.679. The van der Waals surface area contributed by atoms with E-state index in [4.69, 9.17) is 23.2 Å². The number of amides is 1. The molecule has 0 saturated heterocycles. The molecule has 2 aromatic rings. The van der Waals surface area contributed by atoms with Gasteiger partial charge in [0.05, 0.1) is 0 Å². The fourth-order valence-electron chi connectivity index (χ4n) is 1.71. The van der Waals surface area contributed by atoms with Crippen LogP contribution in [0.3, 0.4) is 0 Å². The van der Waals surface area contributed by atoms with Gasteiger partial charge >= 0.3 is 0 Å². The van der Waals surface area contributed by atoms with Gasteiger partial charge in [-0.05, 0) is 37.1 Å². The molecule has 1 N–H and O–H groups in total. The van der Waals surface area contributed by atoms with Crippen molar-refractivity contribution >= 4 is 34.9 Å². The van der Waals surface area contributed by atoms with Gasteiger partial charge in [-0.15, -0.1) is 0 Å². The fraction of sp³-hybridized carbons (Fsp3) is 0.154. The van der Waals surface area contributed by atoms with Gasteiger partial charge in [0.15, 0.2) is 0 Å². The van der Waals surface area contributed by atoms with Gasteiger partial charge in [0.1, 0.15) is 11.0 Å². The second-order valence-electron chi connectivity index (χ2n) is 4.12. The first-order valence-electron chi connectivity index (χ1n) is 5.54. The van der Waals surface area contributed by atoms with E-state index in [2.05, 4.69) is 15.3 Å². The van der Waals surface area contributed by atoms with Crippen molar-refractivity contribution in [3.63, 3.8) is 0 Å². The zero-order valence-corrected chi connectivity index (χ0v) is 11.9. The molecule has 0 saturated carbocycles. The molecule has 4 nitrogen and oxygen atoms in total. The number of nitrogens with one attached hydrogen (secondary N) is 1. The molecule has 0 unspecified atom stereocenters. The standard InChI is InChI=1S/C13H11Cl2N3O/c1-7-3-4-9(8(2)5-7)12(19)17-11-6-10(14)16-13(15)18-11/h3-6H,1-2H3,(H,16,17,18,19). The number of hydrogen-bond donors (Lipinski definition) is 1. The number of anilines is 1. The molecule has 6 heteroatoms. The first kappa shape index (κ1) is 13.8. The number of benzene rings is 1. The van der Waals surface area contributed by atoms with Gasteiger partial charge in [-0.2, -0.15) is 0 Å². The number of aromatic nitrogens is 2. The third-order valence-electron chi connectivity index (χ3n) is 2.54. The summed E-state index contributed by atoms with van der Waals surface area (Å²) in [6.07, 6.45) is 0. The molecule has 0 radical (unpaired) electrons. The first-order valence-corrected chi connectivity index (χ1v) is 6.30. The van der Waals surface area contributed by atoms with Crippen molar-refractivity contribution < 1.29 is 4.79 Å². The highest BCUT2D eigenvalue weighted by Gasteiger charge is 2.11. The summed E-state index contributed by atoms with van der Waals surface area (Å²) in [6, 6.07) is 7.02. The summed E-state index contributed by atoms with van der Waals surface area (Å²) in [5.41, 5.74) is 2.57. The van der Waals surface area contributed by atoms with E-state index in [0.717, 1.165) is 11.1 Å². The molecule has 0 fully saturated rings. The molecule has 0 atom stereocenters. The van der Waals surface area contributed by atoms with Gasteiger partial charge in [-0.1, -0.05) is 29.3 Å². The van der Waals surface area contributed by atoms with Gasteiger partial charge in [-0.25, -0.2) is 9.97 Å². The van der Waals surface area contributed by atoms with E-state index in [-0.39, 0.29) is 22.2 Å². The van der Waals surface area contributed by atoms with Crippen LogP contribution in [-0.2, 0) is 0 Å². The highest BCUT2D eigenvalue weighted by atomic mass is 35.5. The molecule has 2 rings (SSSR count). The van der Waals surface area contributed by atoms with Gasteiger partial charge < -0.3 is 5.32 Å². The Morgan fingerprint density at radius 1 is 1.16 bits per heavy atom. The van der Waals surface area contributed by atoms with Crippen LogP contribution in [-0.4, -0.2) is 15.9 Å². The molecule has 0 aliphatic rings. The number of hydrogen-bond acceptors (Lipinski definition) is 3. The number of carbonyl (C=O) groups excluding carboxylic acids is 1. The molecule has 1 heterocycles. The summed E-state index contributed by atoms with van der Waals surface area (Å²) in [4.78, 5) is 19.7. The highest BCUT2D eigenvalue weighted by Crippen LogP contribution is 2.17. The molecule has 1 aromatic carbocycles. The zero-order chi connectivity index (χ0) is 14.0. The second-order valence-corrected chi connectivity index (χ2v) is 4.84. The van der Waals surface area contributed by atoms with Crippen LogP contribution in [0.4, 0.5) is 5.82 Å². The molecular formula is C13H11Cl2N3O. The van der Waals surface area contributed by atoms with Crippen molar-refractivity contribution in [3.05, 3.63) is 51.4 Å². The Morgan fingerprint density at radius 3 is 2.53 bits per heavy atom. The van der Waals surface area contributed by atoms with E-state index >= 15 is 0 Å². The minimum absolute atomic E-state index is 0.0107. The van der Waals surface area contributed by atoms with Crippen LogP contribution < -0.4 is 5.32 Å². The molecule has 0 aliphatic heterocycles. The van der Waals surface area contributed by atoms with E-state index in [1.807, 2.05) is 26.0 Å². The third kappa shape index (κ3) is 3.43. The van der Waals surface area contributed by atoms with Crippen molar-refractivity contribution in [2.24, 2.45) is 0 Å². The summed E-state index contributed by atoms with van der Waals surface area (Å²) >= 11 is 11.4. The monoisotopic (exact) mass is 295 g/mol. The van der Waals surface area contributed by atoms with E-state index < -0.39 is 0 Å². The summed E-state index contributed by atoms with van der Waals surface area (Å²) < 4.78 is 0. The minimum Gasteiger partial charge on any atom is -0.306 e. The normalized spacial score (nSPS) is 10.3. The van der Waals surface area contributed by atoms with Crippen molar-refractivity contribution in [1.82, 2.24) is 9.97 Å². The smallest absolute Gasteiger partial charge is 0.257 e. The fourth-order valence-corrected chi connectivity index (χ4v) is 2.11. The first-order chi connectivity index (χ1) is 8.95. The Hall–Kier alpha value is -1.65. The maximum absolute atomic E-state index is 12.1. The molecule has 98 valence electrons. The Kier molecular flexibility index (Phi) is 4.02. The Balaban J connectivity index is 2.25. The van der Waals surface area contributed by atoms with Crippen molar-refractivity contribution in [2.75, 3.05) is 5.32 Å². The van der Waals surface area contributed by atoms with Crippen LogP contribution in [0, 0.1) is 13.8 Å². The zero-order valence-electron chi connectivity index (χ0n) is 10.4. The lowest BCUT2D eigenvalue weighted by atomic mass is 10.1. The number of carbonyl (C=O) groups is 1. The lowest BCUT2D eigenvalue weighted by Crippen LogP contribution is -2.14. The SMILES string of the molecule is Cc1ccc(C(=O)Nc2cc(Cl)nc(Cl)n2)c(C)c1. The van der Waals surface area contributed by atoms with Crippen LogP contribution in [0.2, 0.25) is 10.4 Å². The largest absolute Gasteiger partial charge is 0.306 e. The number of halogens is 2. The van der Waals surface area contributed by atoms with E-state index in [1.54, 1.807) is 6.07 Å². The number of rotatable bonds is 2. The van der Waals surface area contributed by atoms with Gasteiger partial charge in [-0.3, -0.25) is 4.79 Å². The van der Waals surface area contributed by atoms with Gasteiger partial charge in [0.25, 0.3) is 5.91 Å². The molecule has 1 amide bonds. The summed E-state index contributed by atoms with van der Waals surface area (Å²) in [5, 5.41) is 2.81. The predicted molar refractivity (Wildman–Crippen MR) is 75.9 cm³/mol. The molecule has 0 spiro atoms. The van der Waals surface area contributed by atoms with Crippen LogP contribution in [0.1, 0.15) is 21.5 Å². The third-order valence-corrected chi connectivity index (χ3v) is 2.90. The maximum Gasteiger partial charge on any atom is 0.257 e. The topological polar surface area (TPSA) is 54.9 Å². The van der Waals surface area contributed by atoms with Crippen LogP contribution in [0.5, 0.6) is 0 Å². The van der Waals surface area contributed by atoms with Crippen molar-refractivity contribution in [3.8, 4) is 0 Å². The van der Waals surface area contributed by atoms with Crippen molar-refractivity contribution in [1.29, 1.82) is 0 Å². The number of aryl methyl sites for hydroxylation is 2.